The third kappa shape index (κ3) is 5.45. The van der Waals surface area contributed by atoms with Crippen LogP contribution in [0, 0.1) is 10.5 Å². The van der Waals surface area contributed by atoms with Gasteiger partial charge in [-0.2, -0.15) is 5.10 Å². The number of anilines is 1. The molecule has 0 fully saturated rings. The number of halogens is 1. The van der Waals surface area contributed by atoms with E-state index in [-0.39, 0.29) is 18.2 Å². The third-order valence-electron chi connectivity index (χ3n) is 3.28. The topological polar surface area (TPSA) is 70.6 Å². The van der Waals surface area contributed by atoms with Crippen molar-refractivity contribution in [3.63, 3.8) is 0 Å². The maximum absolute atomic E-state index is 12.1. The lowest BCUT2D eigenvalue weighted by Crippen LogP contribution is -2.22. The summed E-state index contributed by atoms with van der Waals surface area (Å²) in [6.07, 6.45) is 0.111. The summed E-state index contributed by atoms with van der Waals surface area (Å²) in [5.41, 5.74) is 5.19. The smallest absolute Gasteiger partial charge is 0.271 e. The van der Waals surface area contributed by atoms with Gasteiger partial charge in [-0.3, -0.25) is 9.59 Å². The van der Waals surface area contributed by atoms with Gasteiger partial charge < -0.3 is 5.32 Å². The Morgan fingerprint density at radius 2 is 1.75 bits per heavy atom. The van der Waals surface area contributed by atoms with Gasteiger partial charge in [-0.1, -0.05) is 18.2 Å². The Hall–Kier alpha value is -2.22. The van der Waals surface area contributed by atoms with Crippen LogP contribution in [0.1, 0.15) is 29.3 Å². The first-order valence-electron chi connectivity index (χ1n) is 7.40. The lowest BCUT2D eigenvalue weighted by Gasteiger charge is -2.06. The van der Waals surface area contributed by atoms with Crippen molar-refractivity contribution in [3.05, 3.63) is 63.2 Å². The molecule has 0 saturated carbocycles. The maximum Gasteiger partial charge on any atom is 0.271 e. The molecule has 124 valence electrons. The van der Waals surface area contributed by atoms with Gasteiger partial charge in [0.05, 0.1) is 6.42 Å². The second-order valence-electron chi connectivity index (χ2n) is 5.33. The van der Waals surface area contributed by atoms with Gasteiger partial charge in [0.25, 0.3) is 5.91 Å². The fourth-order valence-electron chi connectivity index (χ4n) is 2.04. The highest BCUT2D eigenvalue weighted by Gasteiger charge is 2.08. The molecule has 0 heterocycles. The van der Waals surface area contributed by atoms with Crippen LogP contribution >= 0.6 is 22.6 Å². The molecule has 2 aromatic rings. The molecule has 2 aromatic carbocycles. The fraction of sp³-hybridized carbons (Fsp3) is 0.167. The Labute approximate surface area is 154 Å². The Morgan fingerprint density at radius 1 is 1.08 bits per heavy atom. The summed E-state index contributed by atoms with van der Waals surface area (Å²) in [5, 5.41) is 6.79. The van der Waals surface area contributed by atoms with Crippen LogP contribution < -0.4 is 10.7 Å². The predicted octanol–water partition coefficient (Wildman–Crippen LogP) is 3.73. The average molecular weight is 435 g/mol. The number of hydrogen-bond donors (Lipinski definition) is 2. The molecule has 0 aliphatic rings. The lowest BCUT2D eigenvalue weighted by molar-refractivity contribution is -0.115. The van der Waals surface area contributed by atoms with Crippen LogP contribution in [0.25, 0.3) is 0 Å². The number of hydrazone groups is 1. The van der Waals surface area contributed by atoms with Crippen molar-refractivity contribution < 1.29 is 9.59 Å². The van der Waals surface area contributed by atoms with Gasteiger partial charge in [-0.05, 0) is 72.3 Å². The number of carbonyl (C=O) groups excluding carboxylic acids is 2. The van der Waals surface area contributed by atoms with Crippen molar-refractivity contribution in [2.24, 2.45) is 5.10 Å². The average Bonchev–Trinajstić information content (AvgIpc) is 2.55. The molecule has 0 bridgehead atoms. The van der Waals surface area contributed by atoms with E-state index < -0.39 is 0 Å². The van der Waals surface area contributed by atoms with Crippen molar-refractivity contribution in [1.29, 1.82) is 0 Å². The number of hydrogen-bond acceptors (Lipinski definition) is 3. The van der Waals surface area contributed by atoms with E-state index in [4.69, 9.17) is 0 Å². The number of nitrogens with one attached hydrogen (secondary N) is 2. The molecule has 24 heavy (non-hydrogen) atoms. The van der Waals surface area contributed by atoms with E-state index in [1.165, 1.54) is 0 Å². The summed E-state index contributed by atoms with van der Waals surface area (Å²) < 4.78 is 1.10. The second kappa shape index (κ2) is 8.58. The maximum atomic E-state index is 12.1. The molecule has 2 amide bonds. The van der Waals surface area contributed by atoms with E-state index in [9.17, 15) is 9.59 Å². The van der Waals surface area contributed by atoms with Crippen molar-refractivity contribution >= 4 is 45.8 Å². The number of benzene rings is 2. The van der Waals surface area contributed by atoms with Gasteiger partial charge >= 0.3 is 0 Å². The van der Waals surface area contributed by atoms with E-state index in [1.807, 2.05) is 43.3 Å². The number of aryl methyl sites for hydroxylation is 1. The molecule has 0 radical (unpaired) electrons. The summed E-state index contributed by atoms with van der Waals surface area (Å²) in [6.45, 7) is 3.56. The molecule has 2 rings (SSSR count). The number of rotatable bonds is 5. The highest BCUT2D eigenvalue weighted by atomic mass is 127. The quantitative estimate of drug-likeness (QED) is 0.427. The highest BCUT2D eigenvalue weighted by molar-refractivity contribution is 14.1. The highest BCUT2D eigenvalue weighted by Crippen LogP contribution is 2.11. The summed E-state index contributed by atoms with van der Waals surface area (Å²) in [4.78, 5) is 24.0. The van der Waals surface area contributed by atoms with E-state index >= 15 is 0 Å². The fourth-order valence-corrected chi connectivity index (χ4v) is 2.40. The first kappa shape index (κ1) is 18.1. The minimum absolute atomic E-state index is 0.111. The molecule has 0 aliphatic carbocycles. The Bertz CT molecular complexity index is 770. The van der Waals surface area contributed by atoms with Crippen LogP contribution in [0.4, 0.5) is 5.69 Å². The van der Waals surface area contributed by atoms with Gasteiger partial charge in [-0.25, -0.2) is 5.43 Å². The van der Waals surface area contributed by atoms with Crippen molar-refractivity contribution in [2.75, 3.05) is 5.32 Å². The zero-order valence-corrected chi connectivity index (χ0v) is 15.6. The van der Waals surface area contributed by atoms with Crippen LogP contribution in [0.2, 0.25) is 0 Å². The van der Waals surface area contributed by atoms with Gasteiger partial charge in [0.15, 0.2) is 0 Å². The molecule has 2 N–H and O–H groups in total. The molecule has 0 spiro atoms. The SMILES string of the molecule is CC(CC(=O)Nc1ccc(I)cc1)=NNC(=O)c1ccccc1C. The standard InChI is InChI=1S/C18H18IN3O2/c1-12-5-3-4-6-16(12)18(24)22-21-13(2)11-17(23)20-15-9-7-14(19)8-10-15/h3-10H,11H2,1-2H3,(H,20,23)(H,22,24). The summed E-state index contributed by atoms with van der Waals surface area (Å²) in [6, 6.07) is 14.8. The van der Waals surface area contributed by atoms with E-state index in [0.29, 0.717) is 11.3 Å². The van der Waals surface area contributed by atoms with Crippen LogP contribution in [-0.2, 0) is 4.79 Å². The number of nitrogens with zero attached hydrogens (tertiary/aromatic N) is 1. The van der Waals surface area contributed by atoms with E-state index in [1.54, 1.807) is 19.1 Å². The van der Waals surface area contributed by atoms with Crippen LogP contribution in [0.5, 0.6) is 0 Å². The summed E-state index contributed by atoms with van der Waals surface area (Å²) >= 11 is 2.20. The molecule has 0 aliphatic heterocycles. The molecule has 0 atom stereocenters. The molecular formula is C18H18IN3O2. The van der Waals surface area contributed by atoms with Crippen molar-refractivity contribution in [1.82, 2.24) is 5.43 Å². The molecule has 6 heteroatoms. The number of carbonyl (C=O) groups is 2. The summed E-state index contributed by atoms with van der Waals surface area (Å²) in [5.74, 6) is -0.465. The monoisotopic (exact) mass is 435 g/mol. The van der Waals surface area contributed by atoms with Gasteiger partial charge in [0.1, 0.15) is 0 Å². The molecule has 5 nitrogen and oxygen atoms in total. The molecule has 0 unspecified atom stereocenters. The van der Waals surface area contributed by atoms with E-state index in [0.717, 1.165) is 14.8 Å². The Balaban J connectivity index is 1.89. The van der Waals surface area contributed by atoms with Gasteiger partial charge in [0, 0.05) is 20.5 Å². The molecule has 0 aromatic heterocycles. The zero-order valence-electron chi connectivity index (χ0n) is 13.5. The predicted molar refractivity (Wildman–Crippen MR) is 104 cm³/mol. The minimum atomic E-state index is -0.287. The minimum Gasteiger partial charge on any atom is -0.326 e. The first-order chi connectivity index (χ1) is 11.5. The largest absolute Gasteiger partial charge is 0.326 e. The normalized spacial score (nSPS) is 11.0. The number of amides is 2. The zero-order chi connectivity index (χ0) is 17.5. The lowest BCUT2D eigenvalue weighted by atomic mass is 10.1. The Morgan fingerprint density at radius 3 is 2.42 bits per heavy atom. The second-order valence-corrected chi connectivity index (χ2v) is 6.58. The summed E-state index contributed by atoms with van der Waals surface area (Å²) in [7, 11) is 0. The Kier molecular flexibility index (Phi) is 6.48. The van der Waals surface area contributed by atoms with Gasteiger partial charge in [-0.15, -0.1) is 0 Å². The van der Waals surface area contributed by atoms with Crippen molar-refractivity contribution in [2.45, 2.75) is 20.3 Å². The van der Waals surface area contributed by atoms with Crippen LogP contribution in [0.3, 0.4) is 0 Å². The van der Waals surface area contributed by atoms with Crippen molar-refractivity contribution in [3.8, 4) is 0 Å². The van der Waals surface area contributed by atoms with Crippen LogP contribution in [0.15, 0.2) is 53.6 Å². The van der Waals surface area contributed by atoms with Crippen LogP contribution in [-0.4, -0.2) is 17.5 Å². The molecule has 0 saturated heterocycles. The first-order valence-corrected chi connectivity index (χ1v) is 8.48. The van der Waals surface area contributed by atoms with E-state index in [2.05, 4.69) is 38.4 Å². The third-order valence-corrected chi connectivity index (χ3v) is 4.00. The van der Waals surface area contributed by atoms with Gasteiger partial charge in [0.2, 0.25) is 5.91 Å². The molecular weight excluding hydrogens is 417 g/mol.